The summed E-state index contributed by atoms with van der Waals surface area (Å²) >= 11 is 5.76. The number of ether oxygens (including phenoxy) is 1. The van der Waals surface area contributed by atoms with E-state index in [9.17, 15) is 4.79 Å². The number of hydrogen-bond donors (Lipinski definition) is 0. The molecular weight excluding hydrogens is 463 g/mol. The third kappa shape index (κ3) is 4.16. The molecule has 5 rings (SSSR count). The molecule has 6 nitrogen and oxygen atoms in total. The lowest BCUT2D eigenvalue weighted by atomic mass is 9.75. The number of aryl methyl sites for hydroxylation is 1. The number of thiocarbonyl (C=S) groups is 1. The van der Waals surface area contributed by atoms with Crippen molar-refractivity contribution in [1.82, 2.24) is 4.98 Å². The number of aromatic nitrogens is 1. The standard InChI is InChI=1S/C27H29FN4O2S/c1-18-15-21(17-30-24(18)29-2)31-25(33)27(12-6-13-27)32(26(31)35)20-9-10-23(22(28)16-20)34-14-11-19-7-4-3-5-8-19/h9-10,15-17,19H,3-8,11-14H2,1H3. The Morgan fingerprint density at radius 3 is 2.60 bits per heavy atom. The molecule has 3 aliphatic rings. The first-order valence-electron chi connectivity index (χ1n) is 12.4. The molecule has 8 heteroatoms. The Balaban J connectivity index is 1.37. The molecule has 1 aromatic carbocycles. The highest BCUT2D eigenvalue weighted by molar-refractivity contribution is 7.81. The van der Waals surface area contributed by atoms with Gasteiger partial charge in [-0.05, 0) is 74.5 Å². The summed E-state index contributed by atoms with van der Waals surface area (Å²) in [5.41, 5.74) is 0.945. The Kier molecular flexibility index (Phi) is 6.45. The second-order valence-electron chi connectivity index (χ2n) is 9.85. The van der Waals surface area contributed by atoms with Crippen molar-refractivity contribution < 1.29 is 13.9 Å². The zero-order chi connectivity index (χ0) is 24.6. The van der Waals surface area contributed by atoms with Gasteiger partial charge in [0.25, 0.3) is 11.7 Å². The van der Waals surface area contributed by atoms with E-state index in [0.717, 1.165) is 12.8 Å². The first-order chi connectivity index (χ1) is 16.9. The van der Waals surface area contributed by atoms with Gasteiger partial charge in [0, 0.05) is 11.8 Å². The predicted octanol–water partition coefficient (Wildman–Crippen LogP) is 6.49. The lowest BCUT2D eigenvalue weighted by Gasteiger charge is -2.43. The van der Waals surface area contributed by atoms with Crippen LogP contribution >= 0.6 is 12.2 Å². The van der Waals surface area contributed by atoms with E-state index in [4.69, 9.17) is 23.5 Å². The molecule has 0 radical (unpaired) electrons. The molecule has 2 heterocycles. The van der Waals surface area contributed by atoms with Crippen LogP contribution in [0.2, 0.25) is 0 Å². The fourth-order valence-corrected chi connectivity index (χ4v) is 6.03. The summed E-state index contributed by atoms with van der Waals surface area (Å²) in [6.07, 6.45) is 11.0. The van der Waals surface area contributed by atoms with Gasteiger partial charge in [0.2, 0.25) is 0 Å². The van der Waals surface area contributed by atoms with Gasteiger partial charge in [-0.3, -0.25) is 9.69 Å². The number of carbonyl (C=O) groups is 1. The van der Waals surface area contributed by atoms with Crippen molar-refractivity contribution >= 4 is 40.4 Å². The van der Waals surface area contributed by atoms with E-state index in [-0.39, 0.29) is 11.7 Å². The molecule has 0 bridgehead atoms. The summed E-state index contributed by atoms with van der Waals surface area (Å²) < 4.78 is 20.9. The van der Waals surface area contributed by atoms with Gasteiger partial charge in [0.1, 0.15) is 11.7 Å². The Morgan fingerprint density at radius 1 is 1.20 bits per heavy atom. The summed E-state index contributed by atoms with van der Waals surface area (Å²) in [7, 11) is 0. The van der Waals surface area contributed by atoms with Crippen LogP contribution in [0.1, 0.15) is 63.4 Å². The van der Waals surface area contributed by atoms with Gasteiger partial charge < -0.3 is 14.5 Å². The van der Waals surface area contributed by atoms with Gasteiger partial charge in [-0.2, -0.15) is 0 Å². The molecule has 0 N–H and O–H groups in total. The van der Waals surface area contributed by atoms with E-state index in [0.29, 0.717) is 53.2 Å². The lowest BCUT2D eigenvalue weighted by molar-refractivity contribution is -0.123. The van der Waals surface area contributed by atoms with Crippen LogP contribution in [-0.4, -0.2) is 28.1 Å². The fourth-order valence-electron chi connectivity index (χ4n) is 5.56. The maximum absolute atomic E-state index is 15.1. The van der Waals surface area contributed by atoms with E-state index < -0.39 is 11.4 Å². The minimum atomic E-state index is -0.806. The van der Waals surface area contributed by atoms with E-state index in [1.165, 1.54) is 49.3 Å². The average Bonchev–Trinajstić information content (AvgIpc) is 3.07. The van der Waals surface area contributed by atoms with Crippen LogP contribution in [0.15, 0.2) is 30.5 Å². The van der Waals surface area contributed by atoms with Crippen molar-refractivity contribution in [3.05, 3.63) is 53.3 Å². The van der Waals surface area contributed by atoms with Crippen LogP contribution in [0.3, 0.4) is 0 Å². The number of benzene rings is 1. The van der Waals surface area contributed by atoms with Gasteiger partial charge in [0.15, 0.2) is 16.7 Å². The first-order valence-corrected chi connectivity index (χ1v) is 12.8. The van der Waals surface area contributed by atoms with Crippen molar-refractivity contribution in [3.8, 4) is 5.75 Å². The number of hydrogen-bond acceptors (Lipinski definition) is 4. The molecule has 3 fully saturated rings. The summed E-state index contributed by atoms with van der Waals surface area (Å²) in [4.78, 5) is 24.5. The maximum Gasteiger partial charge on any atom is 0.272 e. The quantitative estimate of drug-likeness (QED) is 0.341. The van der Waals surface area contributed by atoms with Crippen LogP contribution in [0, 0.1) is 25.2 Å². The third-order valence-electron chi connectivity index (χ3n) is 7.67. The molecule has 2 aliphatic carbocycles. The highest BCUT2D eigenvalue weighted by atomic mass is 32.1. The molecular formula is C27H29FN4O2S. The number of halogens is 1. The summed E-state index contributed by atoms with van der Waals surface area (Å²) in [5, 5.41) is 0.303. The molecule has 1 aromatic heterocycles. The van der Waals surface area contributed by atoms with Crippen molar-refractivity contribution in [2.75, 3.05) is 16.4 Å². The lowest BCUT2D eigenvalue weighted by Crippen LogP contribution is -2.55. The topological polar surface area (TPSA) is 50.0 Å². The van der Waals surface area contributed by atoms with E-state index in [1.54, 1.807) is 30.0 Å². The molecule has 0 unspecified atom stereocenters. The number of rotatable bonds is 6. The minimum absolute atomic E-state index is 0.126. The normalized spacial score (nSPS) is 19.7. The number of nitrogens with zero attached hydrogens (tertiary/aromatic N) is 4. The van der Waals surface area contributed by atoms with Gasteiger partial charge in [-0.15, -0.1) is 4.98 Å². The number of carbonyl (C=O) groups excluding carboxylic acids is 1. The maximum atomic E-state index is 15.1. The zero-order valence-electron chi connectivity index (χ0n) is 19.9. The third-order valence-corrected chi connectivity index (χ3v) is 8.04. The number of anilines is 2. The summed E-state index contributed by atoms with van der Waals surface area (Å²) in [5.74, 6) is 0.621. The first kappa shape index (κ1) is 23.7. The van der Waals surface area contributed by atoms with Crippen molar-refractivity contribution in [2.24, 2.45) is 5.92 Å². The Morgan fingerprint density at radius 2 is 1.97 bits per heavy atom. The molecule has 2 saturated carbocycles. The number of amides is 1. The monoisotopic (exact) mass is 492 g/mol. The number of pyridine rings is 1. The van der Waals surface area contributed by atoms with E-state index in [2.05, 4.69) is 9.83 Å². The van der Waals surface area contributed by atoms with E-state index in [1.807, 2.05) is 0 Å². The summed E-state index contributed by atoms with van der Waals surface area (Å²) in [6.45, 7) is 9.51. The smallest absolute Gasteiger partial charge is 0.272 e. The molecule has 35 heavy (non-hydrogen) atoms. The zero-order valence-corrected chi connectivity index (χ0v) is 20.7. The minimum Gasteiger partial charge on any atom is -0.491 e. The Hall–Kier alpha value is -3.05. The molecule has 0 atom stereocenters. The van der Waals surface area contributed by atoms with E-state index >= 15 is 4.39 Å². The molecule has 1 saturated heterocycles. The van der Waals surface area contributed by atoms with Crippen molar-refractivity contribution in [2.45, 2.75) is 70.3 Å². The Labute approximate surface area is 210 Å². The van der Waals surface area contributed by atoms with Crippen LogP contribution in [0.5, 0.6) is 5.75 Å². The van der Waals surface area contributed by atoms with Gasteiger partial charge >= 0.3 is 0 Å². The molecule has 1 amide bonds. The van der Waals surface area contributed by atoms with Crippen LogP contribution < -0.4 is 14.5 Å². The van der Waals surface area contributed by atoms with Gasteiger partial charge in [-0.25, -0.2) is 4.39 Å². The van der Waals surface area contributed by atoms with Crippen molar-refractivity contribution in [1.29, 1.82) is 0 Å². The molecule has 182 valence electrons. The highest BCUT2D eigenvalue weighted by Gasteiger charge is 2.59. The molecule has 1 spiro atoms. The average molecular weight is 493 g/mol. The largest absolute Gasteiger partial charge is 0.491 e. The van der Waals surface area contributed by atoms with Crippen LogP contribution in [0.25, 0.3) is 4.85 Å². The second kappa shape index (κ2) is 9.54. The predicted molar refractivity (Wildman–Crippen MR) is 137 cm³/mol. The summed E-state index contributed by atoms with van der Waals surface area (Å²) in [6, 6.07) is 6.60. The highest BCUT2D eigenvalue weighted by Crippen LogP contribution is 2.48. The van der Waals surface area contributed by atoms with Crippen molar-refractivity contribution in [3.63, 3.8) is 0 Å². The fraction of sp³-hybridized carbons (Fsp3) is 0.481. The second-order valence-corrected chi connectivity index (χ2v) is 10.2. The molecule has 1 aliphatic heterocycles. The van der Waals surface area contributed by atoms with Gasteiger partial charge in [-0.1, -0.05) is 38.7 Å². The van der Waals surface area contributed by atoms with Crippen LogP contribution in [-0.2, 0) is 4.79 Å². The SMILES string of the molecule is [C-]#[N+]c1ncc(N2C(=O)C3(CCC3)N(c3ccc(OCCC4CCCCC4)c(F)c3)C2=S)cc1C. The molecule has 2 aromatic rings. The Bertz CT molecular complexity index is 1200. The van der Waals surface area contributed by atoms with Crippen LogP contribution in [0.4, 0.5) is 21.6 Å². The van der Waals surface area contributed by atoms with Gasteiger partial charge in [0.05, 0.1) is 12.3 Å².